The molecule has 1 aliphatic rings. The molecule has 0 saturated carbocycles. The lowest BCUT2D eigenvalue weighted by atomic mass is 9.72. The van der Waals surface area contributed by atoms with E-state index in [1.807, 2.05) is 42.5 Å². The van der Waals surface area contributed by atoms with Gasteiger partial charge in [0.1, 0.15) is 5.78 Å². The van der Waals surface area contributed by atoms with Gasteiger partial charge >= 0.3 is 0 Å². The zero-order valence-electron chi connectivity index (χ0n) is 11.4. The third-order valence-electron chi connectivity index (χ3n) is 4.08. The van der Waals surface area contributed by atoms with Gasteiger partial charge < -0.3 is 0 Å². The first-order valence-corrected chi connectivity index (χ1v) is 6.87. The summed E-state index contributed by atoms with van der Waals surface area (Å²) in [5.41, 5.74) is 2.91. The van der Waals surface area contributed by atoms with Crippen molar-refractivity contribution in [3.63, 3.8) is 0 Å². The van der Waals surface area contributed by atoms with Crippen LogP contribution in [0.25, 0.3) is 0 Å². The van der Waals surface area contributed by atoms with Crippen molar-refractivity contribution < 1.29 is 9.59 Å². The van der Waals surface area contributed by atoms with Crippen molar-refractivity contribution in [2.45, 2.75) is 19.3 Å². The first kappa shape index (κ1) is 12.8. The Labute approximate surface area is 118 Å². The molecule has 0 bridgehead atoms. The van der Waals surface area contributed by atoms with Crippen molar-refractivity contribution in [3.05, 3.63) is 71.3 Å². The minimum Gasteiger partial charge on any atom is -0.299 e. The molecule has 2 atom stereocenters. The van der Waals surface area contributed by atoms with Gasteiger partial charge in [0.05, 0.1) is 5.92 Å². The molecule has 0 spiro atoms. The van der Waals surface area contributed by atoms with Crippen LogP contribution in [0.5, 0.6) is 0 Å². The number of carbonyl (C=O) groups is 2. The van der Waals surface area contributed by atoms with Crippen LogP contribution in [0.2, 0.25) is 0 Å². The second kappa shape index (κ2) is 5.04. The smallest absolute Gasteiger partial charge is 0.173 e. The molecule has 0 saturated heterocycles. The van der Waals surface area contributed by atoms with Gasteiger partial charge in [0.2, 0.25) is 0 Å². The Morgan fingerprint density at radius 3 is 2.35 bits per heavy atom. The SMILES string of the molecule is CC(=O)C1CC(c2ccccc2)c2ccccc2C1=O. The number of hydrogen-bond acceptors (Lipinski definition) is 2. The Kier molecular flexibility index (Phi) is 3.23. The van der Waals surface area contributed by atoms with E-state index in [1.54, 1.807) is 0 Å². The number of carbonyl (C=O) groups excluding carboxylic acids is 2. The molecule has 0 amide bonds. The molecule has 2 unspecified atom stereocenters. The number of hydrogen-bond donors (Lipinski definition) is 0. The maximum atomic E-state index is 12.4. The van der Waals surface area contributed by atoms with Crippen LogP contribution in [0.1, 0.15) is 40.7 Å². The van der Waals surface area contributed by atoms with E-state index in [4.69, 9.17) is 0 Å². The number of benzene rings is 2. The van der Waals surface area contributed by atoms with Crippen molar-refractivity contribution in [1.29, 1.82) is 0 Å². The third-order valence-corrected chi connectivity index (χ3v) is 4.08. The molecule has 0 heterocycles. The molecule has 0 aliphatic heterocycles. The van der Waals surface area contributed by atoms with Gasteiger partial charge in [-0.15, -0.1) is 0 Å². The van der Waals surface area contributed by atoms with Gasteiger partial charge in [-0.25, -0.2) is 0 Å². The van der Waals surface area contributed by atoms with Crippen LogP contribution in [0.15, 0.2) is 54.6 Å². The van der Waals surface area contributed by atoms with Gasteiger partial charge in [0.25, 0.3) is 0 Å². The topological polar surface area (TPSA) is 34.1 Å². The first-order valence-electron chi connectivity index (χ1n) is 6.87. The Morgan fingerprint density at radius 2 is 1.65 bits per heavy atom. The van der Waals surface area contributed by atoms with Crippen molar-refractivity contribution >= 4 is 11.6 Å². The monoisotopic (exact) mass is 264 g/mol. The molecule has 2 nitrogen and oxygen atoms in total. The minimum atomic E-state index is -0.505. The van der Waals surface area contributed by atoms with E-state index in [-0.39, 0.29) is 17.5 Å². The first-order chi connectivity index (χ1) is 9.68. The summed E-state index contributed by atoms with van der Waals surface area (Å²) in [5, 5.41) is 0. The molecule has 3 rings (SSSR count). The van der Waals surface area contributed by atoms with Crippen molar-refractivity contribution in [1.82, 2.24) is 0 Å². The quantitative estimate of drug-likeness (QED) is 0.776. The second-order valence-electron chi connectivity index (χ2n) is 5.31. The average Bonchev–Trinajstić information content (AvgIpc) is 2.48. The summed E-state index contributed by atoms with van der Waals surface area (Å²) >= 11 is 0. The molecule has 1 aliphatic carbocycles. The largest absolute Gasteiger partial charge is 0.299 e. The van der Waals surface area contributed by atoms with Crippen LogP contribution >= 0.6 is 0 Å². The summed E-state index contributed by atoms with van der Waals surface area (Å²) in [6.07, 6.45) is 0.579. The Bertz CT molecular complexity index is 658. The molecule has 0 radical (unpaired) electrons. The highest BCUT2D eigenvalue weighted by Gasteiger charge is 2.36. The summed E-state index contributed by atoms with van der Waals surface area (Å²) < 4.78 is 0. The molecule has 0 fully saturated rings. The predicted octanol–water partition coefficient (Wildman–Crippen LogP) is 3.61. The molecule has 2 heteroatoms. The fraction of sp³-hybridized carbons (Fsp3) is 0.222. The van der Waals surface area contributed by atoms with Crippen molar-refractivity contribution in [2.24, 2.45) is 5.92 Å². The lowest BCUT2D eigenvalue weighted by Crippen LogP contribution is -2.30. The Hall–Kier alpha value is -2.22. The fourth-order valence-corrected chi connectivity index (χ4v) is 3.03. The summed E-state index contributed by atoms with van der Waals surface area (Å²) in [6.45, 7) is 1.51. The number of rotatable bonds is 2. The van der Waals surface area contributed by atoms with Gasteiger partial charge in [-0.3, -0.25) is 9.59 Å². The lowest BCUT2D eigenvalue weighted by molar-refractivity contribution is -0.119. The van der Waals surface area contributed by atoms with Crippen LogP contribution in [0, 0.1) is 5.92 Å². The summed E-state index contributed by atoms with van der Waals surface area (Å²) in [4.78, 5) is 24.2. The van der Waals surface area contributed by atoms with Crippen LogP contribution in [-0.4, -0.2) is 11.6 Å². The maximum absolute atomic E-state index is 12.4. The van der Waals surface area contributed by atoms with Crippen LogP contribution < -0.4 is 0 Å². The van der Waals surface area contributed by atoms with E-state index < -0.39 is 5.92 Å². The number of fused-ring (bicyclic) bond motifs is 1. The molecular weight excluding hydrogens is 248 g/mol. The third kappa shape index (κ3) is 2.07. The average molecular weight is 264 g/mol. The van der Waals surface area contributed by atoms with Crippen molar-refractivity contribution in [3.8, 4) is 0 Å². The highest BCUT2D eigenvalue weighted by molar-refractivity contribution is 6.12. The van der Waals surface area contributed by atoms with Crippen molar-refractivity contribution in [2.75, 3.05) is 0 Å². The standard InChI is InChI=1S/C18H16O2/c1-12(19)16-11-17(13-7-3-2-4-8-13)14-9-5-6-10-15(14)18(16)20/h2-10,16-17H,11H2,1H3. The van der Waals surface area contributed by atoms with Gasteiger partial charge in [-0.2, -0.15) is 0 Å². The lowest BCUT2D eigenvalue weighted by Gasteiger charge is -2.29. The van der Waals surface area contributed by atoms with E-state index >= 15 is 0 Å². The van der Waals surface area contributed by atoms with Crippen LogP contribution in [0.4, 0.5) is 0 Å². The predicted molar refractivity (Wildman–Crippen MR) is 77.8 cm³/mol. The van der Waals surface area contributed by atoms with Gasteiger partial charge in [0.15, 0.2) is 5.78 Å². The van der Waals surface area contributed by atoms with E-state index in [1.165, 1.54) is 12.5 Å². The zero-order chi connectivity index (χ0) is 14.1. The Morgan fingerprint density at radius 1 is 1.00 bits per heavy atom. The molecule has 2 aromatic carbocycles. The highest BCUT2D eigenvalue weighted by atomic mass is 16.1. The van der Waals surface area contributed by atoms with E-state index in [9.17, 15) is 9.59 Å². The summed E-state index contributed by atoms with van der Waals surface area (Å²) in [5.74, 6) is -0.445. The van der Waals surface area contributed by atoms with Gasteiger partial charge in [-0.1, -0.05) is 54.6 Å². The summed E-state index contributed by atoms with van der Waals surface area (Å²) in [6, 6.07) is 17.8. The van der Waals surface area contributed by atoms with Gasteiger partial charge in [0, 0.05) is 11.5 Å². The normalized spacial score (nSPS) is 21.4. The zero-order valence-corrected chi connectivity index (χ0v) is 11.4. The van der Waals surface area contributed by atoms with E-state index in [0.29, 0.717) is 12.0 Å². The molecule has 2 aromatic rings. The number of ketones is 2. The van der Waals surface area contributed by atoms with Crippen LogP contribution in [0.3, 0.4) is 0 Å². The Balaban J connectivity index is 2.13. The minimum absolute atomic E-state index is 0.0275. The fourth-order valence-electron chi connectivity index (χ4n) is 3.03. The van der Waals surface area contributed by atoms with E-state index in [2.05, 4.69) is 12.1 Å². The van der Waals surface area contributed by atoms with E-state index in [0.717, 1.165) is 5.56 Å². The second-order valence-corrected chi connectivity index (χ2v) is 5.31. The molecule has 100 valence electrons. The van der Waals surface area contributed by atoms with Crippen LogP contribution in [-0.2, 0) is 4.79 Å². The molecule has 0 aromatic heterocycles. The molecule has 20 heavy (non-hydrogen) atoms. The maximum Gasteiger partial charge on any atom is 0.173 e. The van der Waals surface area contributed by atoms with Gasteiger partial charge in [-0.05, 0) is 24.5 Å². The summed E-state index contributed by atoms with van der Waals surface area (Å²) in [7, 11) is 0. The molecular formula is C18H16O2. The molecule has 0 N–H and O–H groups in total. The number of Topliss-reactive ketones (excluding diaryl/α,β-unsaturated/α-hetero) is 2. The highest BCUT2D eigenvalue weighted by Crippen LogP contribution is 2.39.